The summed E-state index contributed by atoms with van der Waals surface area (Å²) in [5, 5.41) is 0.321. The van der Waals surface area contributed by atoms with Gasteiger partial charge in [-0.2, -0.15) is 4.31 Å². The van der Waals surface area contributed by atoms with Crippen molar-refractivity contribution in [2.24, 2.45) is 5.92 Å². The van der Waals surface area contributed by atoms with E-state index in [-0.39, 0.29) is 35.1 Å². The maximum Gasteiger partial charge on any atom is 0.246 e. The van der Waals surface area contributed by atoms with E-state index in [1.807, 2.05) is 36.1 Å². The summed E-state index contributed by atoms with van der Waals surface area (Å²) in [6, 6.07) is 12.5. The molecule has 2 atom stereocenters. The Morgan fingerprint density at radius 3 is 2.73 bits per heavy atom. The van der Waals surface area contributed by atoms with Crippen LogP contribution in [0.15, 0.2) is 47.4 Å². The van der Waals surface area contributed by atoms with Crippen molar-refractivity contribution in [3.05, 3.63) is 53.1 Å². The van der Waals surface area contributed by atoms with Gasteiger partial charge in [0.05, 0.1) is 13.0 Å². The van der Waals surface area contributed by atoms with Gasteiger partial charge in [-0.3, -0.25) is 4.79 Å². The molecule has 6 nitrogen and oxygen atoms in total. The third kappa shape index (κ3) is 3.70. The minimum atomic E-state index is -3.84. The highest BCUT2D eigenvalue weighted by Crippen LogP contribution is 2.36. The van der Waals surface area contributed by atoms with Gasteiger partial charge in [0.2, 0.25) is 15.9 Å². The molecule has 2 heterocycles. The van der Waals surface area contributed by atoms with E-state index in [2.05, 4.69) is 0 Å². The van der Waals surface area contributed by atoms with E-state index in [9.17, 15) is 13.2 Å². The van der Waals surface area contributed by atoms with Crippen LogP contribution in [0.25, 0.3) is 0 Å². The summed E-state index contributed by atoms with van der Waals surface area (Å²) >= 11 is 6.05. The van der Waals surface area contributed by atoms with Gasteiger partial charge in [-0.25, -0.2) is 8.42 Å². The van der Waals surface area contributed by atoms with Gasteiger partial charge in [0.25, 0.3) is 0 Å². The average Bonchev–Trinajstić information content (AvgIpc) is 3.09. The Bertz CT molecular complexity index is 1070. The van der Waals surface area contributed by atoms with E-state index in [1.165, 1.54) is 17.5 Å². The Balaban J connectivity index is 1.60. The molecule has 0 spiro atoms. The highest BCUT2D eigenvalue weighted by molar-refractivity contribution is 7.89. The zero-order valence-corrected chi connectivity index (χ0v) is 18.6. The molecule has 160 valence electrons. The number of carbonyl (C=O) groups excluding carboxylic acids is 1. The average molecular weight is 449 g/mol. The van der Waals surface area contributed by atoms with Gasteiger partial charge in [0.15, 0.2) is 0 Å². The normalized spacial score (nSPS) is 22.0. The first-order valence-electron chi connectivity index (χ1n) is 10.1. The lowest BCUT2D eigenvalue weighted by atomic mass is 9.97. The first kappa shape index (κ1) is 21.2. The number of rotatable bonds is 4. The summed E-state index contributed by atoms with van der Waals surface area (Å²) in [6.07, 6.45) is 2.11. The Morgan fingerprint density at radius 1 is 1.20 bits per heavy atom. The van der Waals surface area contributed by atoms with Crippen molar-refractivity contribution in [3.8, 4) is 5.75 Å². The Hall–Kier alpha value is -2.09. The highest BCUT2D eigenvalue weighted by Gasteiger charge is 2.39. The van der Waals surface area contributed by atoms with Gasteiger partial charge in [-0.05, 0) is 56.0 Å². The first-order valence-corrected chi connectivity index (χ1v) is 11.9. The molecule has 8 heteroatoms. The number of fused-ring (bicyclic) bond motifs is 1. The zero-order valence-electron chi connectivity index (χ0n) is 17.0. The number of benzene rings is 2. The number of sulfonamides is 1. The monoisotopic (exact) mass is 448 g/mol. The molecule has 0 aliphatic carbocycles. The molecule has 0 saturated carbocycles. The zero-order chi connectivity index (χ0) is 21.5. The molecule has 2 aromatic rings. The van der Waals surface area contributed by atoms with Crippen LogP contribution in [-0.4, -0.2) is 44.9 Å². The van der Waals surface area contributed by atoms with Crippen LogP contribution < -0.4 is 9.64 Å². The van der Waals surface area contributed by atoms with Gasteiger partial charge in [-0.1, -0.05) is 29.8 Å². The molecule has 2 aromatic carbocycles. The van der Waals surface area contributed by atoms with Crippen LogP contribution in [0.4, 0.5) is 5.69 Å². The SMILES string of the molecule is COc1ccc(Cl)cc1S(=O)(=O)N1CCC[C@H](C(=O)N2c3ccccc3C[C@H]2C)C1. The van der Waals surface area contributed by atoms with Crippen molar-refractivity contribution < 1.29 is 17.9 Å². The Kier molecular flexibility index (Phi) is 5.79. The topological polar surface area (TPSA) is 66.9 Å². The number of hydrogen-bond acceptors (Lipinski definition) is 4. The second kappa shape index (κ2) is 8.21. The number of anilines is 1. The van der Waals surface area contributed by atoms with E-state index < -0.39 is 10.0 Å². The fourth-order valence-corrected chi connectivity index (χ4v) is 6.39. The van der Waals surface area contributed by atoms with Crippen molar-refractivity contribution in [1.82, 2.24) is 4.31 Å². The summed E-state index contributed by atoms with van der Waals surface area (Å²) in [6.45, 7) is 2.56. The lowest BCUT2D eigenvalue weighted by molar-refractivity contribution is -0.123. The van der Waals surface area contributed by atoms with Gasteiger partial charge in [-0.15, -0.1) is 0 Å². The number of piperidine rings is 1. The van der Waals surface area contributed by atoms with E-state index in [4.69, 9.17) is 16.3 Å². The van der Waals surface area contributed by atoms with Gasteiger partial charge < -0.3 is 9.64 Å². The first-order chi connectivity index (χ1) is 14.3. The summed E-state index contributed by atoms with van der Waals surface area (Å²) in [5.41, 5.74) is 2.09. The molecule has 0 aromatic heterocycles. The van der Waals surface area contributed by atoms with Crippen molar-refractivity contribution in [3.63, 3.8) is 0 Å². The molecule has 0 N–H and O–H groups in total. The highest BCUT2D eigenvalue weighted by atomic mass is 35.5. The lowest BCUT2D eigenvalue weighted by Crippen LogP contribution is -2.48. The molecule has 30 heavy (non-hydrogen) atoms. The summed E-state index contributed by atoms with van der Waals surface area (Å²) in [5.74, 6) is -0.146. The summed E-state index contributed by atoms with van der Waals surface area (Å²) in [4.78, 5) is 15.3. The van der Waals surface area contributed by atoms with Crippen LogP contribution in [0, 0.1) is 5.92 Å². The smallest absolute Gasteiger partial charge is 0.246 e. The lowest BCUT2D eigenvalue weighted by Gasteiger charge is -2.34. The number of ether oxygens (including phenoxy) is 1. The summed E-state index contributed by atoms with van der Waals surface area (Å²) < 4.78 is 33.3. The third-order valence-corrected chi connectivity index (χ3v) is 8.04. The number of methoxy groups -OCH3 is 1. The van der Waals surface area contributed by atoms with E-state index in [0.29, 0.717) is 24.4 Å². The molecule has 2 aliphatic heterocycles. The third-order valence-electron chi connectivity index (χ3n) is 5.92. The second-order valence-corrected chi connectivity index (χ2v) is 10.2. The molecule has 0 bridgehead atoms. The Labute approximate surface area is 182 Å². The number of halogens is 1. The molecule has 0 unspecified atom stereocenters. The minimum absolute atomic E-state index is 0.00888. The number of amides is 1. The maximum absolute atomic E-state index is 13.4. The molecular formula is C22H25ClN2O4S. The molecule has 1 amide bonds. The van der Waals surface area contributed by atoms with Crippen molar-refractivity contribution >= 4 is 33.2 Å². The largest absolute Gasteiger partial charge is 0.495 e. The van der Waals surface area contributed by atoms with Crippen molar-refractivity contribution in [1.29, 1.82) is 0 Å². The number of nitrogens with zero attached hydrogens (tertiary/aromatic N) is 2. The fourth-order valence-electron chi connectivity index (χ4n) is 4.45. The number of carbonyl (C=O) groups is 1. The molecule has 0 radical (unpaired) electrons. The molecule has 1 fully saturated rings. The van der Waals surface area contributed by atoms with Crippen LogP contribution in [0.2, 0.25) is 5.02 Å². The second-order valence-electron chi connectivity index (χ2n) is 7.89. The standard InChI is InChI=1S/C22H25ClN2O4S/c1-15-12-16-6-3-4-8-19(16)25(15)22(26)17-7-5-11-24(14-17)30(27,28)21-13-18(23)9-10-20(21)29-2/h3-4,6,8-10,13,15,17H,5,7,11-12,14H2,1-2H3/t15-,17+/m1/s1. The minimum Gasteiger partial charge on any atom is -0.495 e. The van der Waals surface area contributed by atoms with E-state index in [1.54, 1.807) is 12.1 Å². The van der Waals surface area contributed by atoms with Crippen LogP contribution in [0.3, 0.4) is 0 Å². The molecular weight excluding hydrogens is 424 g/mol. The molecule has 1 saturated heterocycles. The number of hydrogen-bond donors (Lipinski definition) is 0. The van der Waals surface area contributed by atoms with Crippen LogP contribution in [-0.2, 0) is 21.2 Å². The van der Waals surface area contributed by atoms with Gasteiger partial charge in [0, 0.05) is 29.8 Å². The van der Waals surface area contributed by atoms with Gasteiger partial charge >= 0.3 is 0 Å². The van der Waals surface area contributed by atoms with Crippen LogP contribution in [0.1, 0.15) is 25.3 Å². The van der Waals surface area contributed by atoms with E-state index in [0.717, 1.165) is 17.7 Å². The van der Waals surface area contributed by atoms with E-state index >= 15 is 0 Å². The maximum atomic E-state index is 13.4. The van der Waals surface area contributed by atoms with Crippen molar-refractivity contribution in [2.75, 3.05) is 25.1 Å². The quantitative estimate of drug-likeness (QED) is 0.714. The molecule has 4 rings (SSSR count). The fraction of sp³-hybridized carbons (Fsp3) is 0.409. The van der Waals surface area contributed by atoms with Gasteiger partial charge in [0.1, 0.15) is 10.6 Å². The molecule has 2 aliphatic rings. The predicted octanol–water partition coefficient (Wildman–Crippen LogP) is 3.73. The summed E-state index contributed by atoms with van der Waals surface area (Å²) in [7, 11) is -2.41. The van der Waals surface area contributed by atoms with Crippen LogP contribution >= 0.6 is 11.6 Å². The van der Waals surface area contributed by atoms with Crippen molar-refractivity contribution in [2.45, 2.75) is 37.1 Å². The predicted molar refractivity (Wildman–Crippen MR) is 117 cm³/mol. The number of para-hydroxylation sites is 1. The van der Waals surface area contributed by atoms with Crippen LogP contribution in [0.5, 0.6) is 5.75 Å². The Morgan fingerprint density at radius 2 is 1.97 bits per heavy atom.